The molecule has 0 fully saturated rings. The Morgan fingerprint density at radius 3 is 2.24 bits per heavy atom. The molecule has 0 aliphatic heterocycles. The summed E-state index contributed by atoms with van der Waals surface area (Å²) < 4.78 is 11.3. The zero-order valence-corrected chi connectivity index (χ0v) is 16.1. The number of furan rings is 1. The molecule has 0 aliphatic carbocycles. The Morgan fingerprint density at radius 1 is 0.862 bits per heavy atom. The largest absolute Gasteiger partial charge is 0.497 e. The molecule has 5 heteroatoms. The summed E-state index contributed by atoms with van der Waals surface area (Å²) in [6.07, 6.45) is 0. The van der Waals surface area contributed by atoms with Crippen LogP contribution in [0.15, 0.2) is 88.4 Å². The lowest BCUT2D eigenvalue weighted by atomic mass is 10.0. The molecule has 5 nitrogen and oxygen atoms in total. The molecule has 4 aromatic rings. The van der Waals surface area contributed by atoms with Crippen molar-refractivity contribution in [3.63, 3.8) is 0 Å². The number of benzene rings is 3. The van der Waals surface area contributed by atoms with E-state index in [4.69, 9.17) is 14.0 Å². The summed E-state index contributed by atoms with van der Waals surface area (Å²) >= 11 is 0. The first kappa shape index (κ1) is 18.5. The van der Waals surface area contributed by atoms with E-state index in [-0.39, 0.29) is 0 Å². The van der Waals surface area contributed by atoms with E-state index in [1.165, 1.54) is 0 Å². The Labute approximate surface area is 168 Å². The first-order valence-electron chi connectivity index (χ1n) is 9.14. The molecule has 1 aromatic heterocycles. The Morgan fingerprint density at radius 2 is 1.55 bits per heavy atom. The molecular weight excluding hydrogens is 366 g/mol. The summed E-state index contributed by atoms with van der Waals surface area (Å²) in [6.45, 7) is 1.96. The fraction of sp³-hybridized carbons (Fsp3) is 0.0833. The maximum Gasteiger partial charge on any atom is 0.365 e. The van der Waals surface area contributed by atoms with E-state index >= 15 is 0 Å². The van der Waals surface area contributed by atoms with Crippen molar-refractivity contribution in [3.8, 4) is 5.75 Å². The van der Waals surface area contributed by atoms with Crippen molar-refractivity contribution in [2.45, 2.75) is 6.92 Å². The van der Waals surface area contributed by atoms with Gasteiger partial charge in [-0.05, 0) is 49.4 Å². The van der Waals surface area contributed by atoms with Gasteiger partial charge in [-0.2, -0.15) is 0 Å². The van der Waals surface area contributed by atoms with Crippen LogP contribution >= 0.6 is 0 Å². The number of carbonyl (C=O) groups excluding carboxylic acids is 1. The van der Waals surface area contributed by atoms with Crippen LogP contribution in [0.4, 0.5) is 0 Å². The average molecular weight is 385 g/mol. The highest BCUT2D eigenvalue weighted by atomic mass is 16.7. The van der Waals surface area contributed by atoms with Crippen molar-refractivity contribution >= 4 is 22.7 Å². The number of para-hydroxylation sites is 1. The van der Waals surface area contributed by atoms with Crippen LogP contribution in [0.2, 0.25) is 0 Å². The van der Waals surface area contributed by atoms with Crippen molar-refractivity contribution in [2.24, 2.45) is 5.16 Å². The van der Waals surface area contributed by atoms with Crippen LogP contribution in [0.5, 0.6) is 5.75 Å². The highest BCUT2D eigenvalue weighted by Crippen LogP contribution is 2.28. The zero-order chi connectivity index (χ0) is 20.2. The van der Waals surface area contributed by atoms with Gasteiger partial charge in [0.05, 0.1) is 12.7 Å². The Hall–Kier alpha value is -3.86. The van der Waals surface area contributed by atoms with Crippen molar-refractivity contribution < 1.29 is 18.8 Å². The zero-order valence-electron chi connectivity index (χ0n) is 16.1. The number of oxime groups is 1. The number of carbonyl (C=O) groups is 1. The fourth-order valence-electron chi connectivity index (χ4n) is 3.09. The summed E-state index contributed by atoms with van der Waals surface area (Å²) in [7, 11) is 1.61. The van der Waals surface area contributed by atoms with Crippen LogP contribution < -0.4 is 4.74 Å². The number of ether oxygens (including phenoxy) is 1. The minimum Gasteiger partial charge on any atom is -0.497 e. The second kappa shape index (κ2) is 8.02. The van der Waals surface area contributed by atoms with E-state index in [2.05, 4.69) is 5.16 Å². The van der Waals surface area contributed by atoms with Gasteiger partial charge >= 0.3 is 5.97 Å². The second-order valence-electron chi connectivity index (χ2n) is 6.47. The lowest BCUT2D eigenvalue weighted by Gasteiger charge is -2.07. The Kier molecular flexibility index (Phi) is 5.12. The third-order valence-corrected chi connectivity index (χ3v) is 4.65. The minimum absolute atomic E-state index is 0.423. The summed E-state index contributed by atoms with van der Waals surface area (Å²) in [4.78, 5) is 17.7. The highest BCUT2D eigenvalue weighted by Gasteiger charge is 2.19. The van der Waals surface area contributed by atoms with Gasteiger partial charge in [0.15, 0.2) is 11.5 Å². The van der Waals surface area contributed by atoms with E-state index < -0.39 is 5.97 Å². The SMILES string of the molecule is COc1ccc(/C(=N\OC(=O)c2ccccc2)c2oc3ccccc3c2C)cc1. The van der Waals surface area contributed by atoms with Crippen LogP contribution in [-0.2, 0) is 4.84 Å². The second-order valence-corrected chi connectivity index (χ2v) is 6.47. The van der Waals surface area contributed by atoms with Gasteiger partial charge in [-0.15, -0.1) is 0 Å². The maximum absolute atomic E-state index is 12.4. The van der Waals surface area contributed by atoms with Crippen LogP contribution in [-0.4, -0.2) is 18.8 Å². The van der Waals surface area contributed by atoms with E-state index in [9.17, 15) is 4.79 Å². The lowest BCUT2D eigenvalue weighted by Crippen LogP contribution is -2.08. The van der Waals surface area contributed by atoms with Crippen molar-refractivity contribution in [1.29, 1.82) is 0 Å². The maximum atomic E-state index is 12.4. The number of nitrogens with zero attached hydrogens (tertiary/aromatic N) is 1. The smallest absolute Gasteiger partial charge is 0.365 e. The summed E-state index contributed by atoms with van der Waals surface area (Å²) in [5, 5.41) is 5.17. The normalized spacial score (nSPS) is 11.4. The standard InChI is InChI=1S/C24H19NO4/c1-16-20-10-6-7-11-21(20)28-23(16)22(17-12-14-19(27-2)15-13-17)25-29-24(26)18-8-4-3-5-9-18/h3-15H,1-2H3/b25-22+. The van der Waals surface area contributed by atoms with Gasteiger partial charge in [0, 0.05) is 16.5 Å². The number of methoxy groups -OCH3 is 1. The third kappa shape index (κ3) is 3.75. The molecule has 0 amide bonds. The van der Waals surface area contributed by atoms with E-state index in [0.29, 0.717) is 17.0 Å². The van der Waals surface area contributed by atoms with Gasteiger partial charge in [0.2, 0.25) is 0 Å². The molecule has 0 radical (unpaired) electrons. The number of fused-ring (bicyclic) bond motifs is 1. The number of hydrogen-bond acceptors (Lipinski definition) is 5. The van der Waals surface area contributed by atoms with E-state index in [1.54, 1.807) is 31.4 Å². The van der Waals surface area contributed by atoms with Crippen molar-refractivity contribution in [2.75, 3.05) is 7.11 Å². The Balaban J connectivity index is 1.78. The average Bonchev–Trinajstić information content (AvgIpc) is 3.11. The summed E-state index contributed by atoms with van der Waals surface area (Å²) in [6, 6.07) is 23.8. The number of rotatable bonds is 5. The van der Waals surface area contributed by atoms with Crippen LogP contribution in [0.3, 0.4) is 0 Å². The Bertz CT molecular complexity index is 1170. The molecular formula is C24H19NO4. The molecule has 0 atom stereocenters. The molecule has 0 spiro atoms. The first-order valence-corrected chi connectivity index (χ1v) is 9.14. The third-order valence-electron chi connectivity index (χ3n) is 4.65. The molecule has 4 rings (SSSR count). The predicted molar refractivity (Wildman–Crippen MR) is 111 cm³/mol. The molecule has 1 heterocycles. The van der Waals surface area contributed by atoms with E-state index in [1.807, 2.05) is 61.5 Å². The summed E-state index contributed by atoms with van der Waals surface area (Å²) in [5.41, 5.74) is 3.27. The molecule has 3 aromatic carbocycles. The quantitative estimate of drug-likeness (QED) is 0.264. The van der Waals surface area contributed by atoms with Gasteiger partial charge in [0.1, 0.15) is 11.3 Å². The van der Waals surface area contributed by atoms with Gasteiger partial charge in [-0.25, -0.2) is 4.79 Å². The molecule has 0 saturated carbocycles. The van der Waals surface area contributed by atoms with E-state index in [0.717, 1.165) is 27.8 Å². The molecule has 0 saturated heterocycles. The van der Waals surface area contributed by atoms with Gasteiger partial charge in [-0.1, -0.05) is 41.6 Å². The minimum atomic E-state index is -0.537. The molecule has 0 unspecified atom stereocenters. The highest BCUT2D eigenvalue weighted by molar-refractivity contribution is 6.14. The fourth-order valence-corrected chi connectivity index (χ4v) is 3.09. The predicted octanol–water partition coefficient (Wildman–Crippen LogP) is 5.36. The number of hydrogen-bond donors (Lipinski definition) is 0. The lowest BCUT2D eigenvalue weighted by molar-refractivity contribution is 0.0516. The van der Waals surface area contributed by atoms with Gasteiger partial charge in [0.25, 0.3) is 0 Å². The molecule has 29 heavy (non-hydrogen) atoms. The van der Waals surface area contributed by atoms with Crippen molar-refractivity contribution in [3.05, 3.63) is 101 Å². The van der Waals surface area contributed by atoms with Crippen LogP contribution in [0, 0.1) is 6.92 Å². The molecule has 0 N–H and O–H groups in total. The molecule has 0 bridgehead atoms. The van der Waals surface area contributed by atoms with Crippen LogP contribution in [0.25, 0.3) is 11.0 Å². The number of aryl methyl sites for hydroxylation is 1. The monoisotopic (exact) mass is 385 g/mol. The molecule has 0 aliphatic rings. The molecule has 144 valence electrons. The van der Waals surface area contributed by atoms with Crippen LogP contribution in [0.1, 0.15) is 27.2 Å². The van der Waals surface area contributed by atoms with Gasteiger partial charge < -0.3 is 14.0 Å². The summed E-state index contributed by atoms with van der Waals surface area (Å²) in [5.74, 6) is 0.735. The van der Waals surface area contributed by atoms with Crippen molar-refractivity contribution in [1.82, 2.24) is 0 Å². The first-order chi connectivity index (χ1) is 14.2. The van der Waals surface area contributed by atoms with Gasteiger partial charge in [-0.3, -0.25) is 0 Å². The topological polar surface area (TPSA) is 61.0 Å².